The second-order valence-electron chi connectivity index (χ2n) is 8.23. The predicted molar refractivity (Wildman–Crippen MR) is 116 cm³/mol. The lowest BCUT2D eigenvalue weighted by molar-refractivity contribution is -0.144. The average Bonchev–Trinajstić information content (AvgIpc) is 3.33. The van der Waals surface area contributed by atoms with Crippen molar-refractivity contribution in [1.29, 1.82) is 0 Å². The number of nitrogens with zero attached hydrogens (tertiary/aromatic N) is 5. The molecule has 0 saturated carbocycles. The molecule has 1 aromatic heterocycles. The smallest absolute Gasteiger partial charge is 0.335 e. The van der Waals surface area contributed by atoms with E-state index in [-0.39, 0.29) is 38.5 Å². The summed E-state index contributed by atoms with van der Waals surface area (Å²) >= 11 is 1.41. The number of hydrogen-bond donors (Lipinski definition) is 0. The minimum absolute atomic E-state index is 0.0378. The molecule has 0 bridgehead atoms. The highest BCUT2D eigenvalue weighted by atomic mass is 32.2. The number of morpholine rings is 1. The number of piperazine rings is 1. The fourth-order valence-electron chi connectivity index (χ4n) is 4.16. The number of hydrogen-bond acceptors (Lipinski definition) is 8. The number of urea groups is 1. The van der Waals surface area contributed by atoms with Crippen LogP contribution in [0.15, 0.2) is 17.5 Å². The minimum Gasteiger partial charge on any atom is -0.373 e. The summed E-state index contributed by atoms with van der Waals surface area (Å²) in [7, 11) is -3.62. The molecule has 3 fully saturated rings. The molecule has 4 rings (SSSR count). The third-order valence-corrected chi connectivity index (χ3v) is 8.57. The van der Waals surface area contributed by atoms with Crippen LogP contribution in [0.4, 0.5) is 4.79 Å². The van der Waals surface area contributed by atoms with Gasteiger partial charge in [-0.05, 0) is 25.3 Å². The lowest BCUT2D eigenvalue weighted by atomic mass is 10.3. The van der Waals surface area contributed by atoms with E-state index < -0.39 is 28.1 Å². The van der Waals surface area contributed by atoms with Gasteiger partial charge in [0.25, 0.3) is 10.2 Å². The zero-order valence-corrected chi connectivity index (χ0v) is 19.7. The Bertz CT molecular complexity index is 966. The van der Waals surface area contributed by atoms with Gasteiger partial charge in [-0.25, -0.2) is 9.69 Å². The molecule has 0 aliphatic carbocycles. The Labute approximate surface area is 191 Å². The van der Waals surface area contributed by atoms with Crippen molar-refractivity contribution >= 4 is 39.4 Å². The van der Waals surface area contributed by atoms with Crippen LogP contribution in [0.5, 0.6) is 0 Å². The normalized spacial score (nSPS) is 27.0. The Morgan fingerprint density at radius 3 is 2.19 bits per heavy atom. The molecule has 3 aliphatic heterocycles. The van der Waals surface area contributed by atoms with Crippen LogP contribution in [0.2, 0.25) is 0 Å². The van der Waals surface area contributed by atoms with E-state index in [0.717, 1.165) is 14.7 Å². The van der Waals surface area contributed by atoms with Gasteiger partial charge in [0, 0.05) is 44.1 Å². The van der Waals surface area contributed by atoms with Gasteiger partial charge in [0.15, 0.2) is 0 Å². The van der Waals surface area contributed by atoms with Gasteiger partial charge in [-0.1, -0.05) is 6.07 Å². The maximum absolute atomic E-state index is 13.0. The predicted octanol–water partition coefficient (Wildman–Crippen LogP) is -0.0320. The number of imide groups is 2. The largest absolute Gasteiger partial charge is 0.373 e. The highest BCUT2D eigenvalue weighted by Crippen LogP contribution is 2.21. The Kier molecular flexibility index (Phi) is 6.66. The van der Waals surface area contributed by atoms with E-state index in [4.69, 9.17) is 4.74 Å². The fraction of sp³-hybridized carbons (Fsp3) is 0.632. The van der Waals surface area contributed by atoms with Gasteiger partial charge in [0.1, 0.15) is 0 Å². The zero-order valence-electron chi connectivity index (χ0n) is 18.0. The second kappa shape index (κ2) is 9.15. The topological polar surface area (TPSA) is 111 Å². The van der Waals surface area contributed by atoms with Crippen LogP contribution in [-0.2, 0) is 31.1 Å². The summed E-state index contributed by atoms with van der Waals surface area (Å²) in [6.45, 7) is 5.54. The summed E-state index contributed by atoms with van der Waals surface area (Å²) in [4.78, 5) is 41.9. The summed E-state index contributed by atoms with van der Waals surface area (Å²) in [5.41, 5.74) is 0. The Hall–Kier alpha value is -1.90. The minimum atomic E-state index is -3.62. The Morgan fingerprint density at radius 2 is 1.59 bits per heavy atom. The van der Waals surface area contributed by atoms with Crippen molar-refractivity contribution in [3.8, 4) is 0 Å². The van der Waals surface area contributed by atoms with E-state index in [1.807, 2.05) is 30.2 Å². The molecule has 4 amide bonds. The number of thiophene rings is 1. The summed E-state index contributed by atoms with van der Waals surface area (Å²) < 4.78 is 34.6. The number of rotatable bonds is 6. The highest BCUT2D eigenvalue weighted by Gasteiger charge is 2.45. The first kappa shape index (κ1) is 23.3. The lowest BCUT2D eigenvalue weighted by Gasteiger charge is -2.40. The number of carbonyl (C=O) groups excluding carboxylic acids is 3. The summed E-state index contributed by atoms with van der Waals surface area (Å²) in [5.74, 6) is -1.68. The SMILES string of the molecule is C[C@@H]1CN(S(=O)(=O)N2CCN(CN3C(=O)C(=O)N(Cc4cccs4)C3=O)CC2)C[C@@H](C)O1. The van der Waals surface area contributed by atoms with E-state index in [0.29, 0.717) is 26.2 Å². The monoisotopic (exact) mass is 485 g/mol. The molecular formula is C19H27N5O6S2. The molecule has 0 spiro atoms. The molecule has 176 valence electrons. The van der Waals surface area contributed by atoms with Crippen molar-refractivity contribution < 1.29 is 27.5 Å². The number of ether oxygens (including phenoxy) is 1. The molecule has 4 heterocycles. The number of amides is 4. The van der Waals surface area contributed by atoms with Crippen molar-refractivity contribution in [3.63, 3.8) is 0 Å². The van der Waals surface area contributed by atoms with Gasteiger partial charge in [0.05, 0.1) is 25.4 Å². The van der Waals surface area contributed by atoms with Crippen LogP contribution in [0.1, 0.15) is 18.7 Å². The fourth-order valence-corrected chi connectivity index (χ4v) is 6.60. The maximum Gasteiger partial charge on any atom is 0.335 e. The quantitative estimate of drug-likeness (QED) is 0.411. The van der Waals surface area contributed by atoms with Gasteiger partial charge in [0.2, 0.25) is 0 Å². The lowest BCUT2D eigenvalue weighted by Crippen LogP contribution is -2.58. The van der Waals surface area contributed by atoms with Crippen LogP contribution in [0.25, 0.3) is 0 Å². The molecule has 0 N–H and O–H groups in total. The van der Waals surface area contributed by atoms with E-state index in [1.165, 1.54) is 19.9 Å². The number of carbonyl (C=O) groups is 3. The Morgan fingerprint density at radius 1 is 0.969 bits per heavy atom. The molecule has 0 radical (unpaired) electrons. The summed E-state index contributed by atoms with van der Waals surface area (Å²) in [6.07, 6.45) is -0.340. The second-order valence-corrected chi connectivity index (χ2v) is 11.2. The van der Waals surface area contributed by atoms with Gasteiger partial charge in [-0.15, -0.1) is 11.3 Å². The average molecular weight is 486 g/mol. The molecule has 3 aliphatic rings. The van der Waals surface area contributed by atoms with E-state index in [2.05, 4.69) is 0 Å². The Balaban J connectivity index is 1.34. The van der Waals surface area contributed by atoms with Crippen LogP contribution < -0.4 is 0 Å². The molecule has 1 aromatic rings. The van der Waals surface area contributed by atoms with Gasteiger partial charge < -0.3 is 4.74 Å². The van der Waals surface area contributed by atoms with Crippen molar-refractivity contribution in [3.05, 3.63) is 22.4 Å². The maximum atomic E-state index is 13.0. The van der Waals surface area contributed by atoms with Gasteiger partial charge >= 0.3 is 17.8 Å². The molecule has 0 aromatic carbocycles. The molecule has 11 nitrogen and oxygen atoms in total. The molecule has 0 unspecified atom stereocenters. The van der Waals surface area contributed by atoms with Gasteiger partial charge in [-0.2, -0.15) is 17.0 Å². The molecule has 13 heteroatoms. The van der Waals surface area contributed by atoms with Crippen molar-refractivity contribution in [2.75, 3.05) is 45.9 Å². The third-order valence-electron chi connectivity index (χ3n) is 5.74. The van der Waals surface area contributed by atoms with E-state index >= 15 is 0 Å². The van der Waals surface area contributed by atoms with Crippen molar-refractivity contribution in [2.45, 2.75) is 32.6 Å². The molecule has 2 atom stereocenters. The summed E-state index contributed by atoms with van der Waals surface area (Å²) in [6, 6.07) is 2.98. The van der Waals surface area contributed by atoms with Crippen LogP contribution in [0.3, 0.4) is 0 Å². The molecular weight excluding hydrogens is 458 g/mol. The van der Waals surface area contributed by atoms with Crippen molar-refractivity contribution in [1.82, 2.24) is 23.3 Å². The van der Waals surface area contributed by atoms with Gasteiger partial charge in [-0.3, -0.25) is 19.4 Å². The third kappa shape index (κ3) is 4.58. The molecule has 32 heavy (non-hydrogen) atoms. The standard InChI is InChI=1S/C19H27N5O6S2/c1-14-10-22(11-15(2)30-14)32(28,29)21-7-5-20(6-8-21)13-24-18(26)17(25)23(19(24)27)12-16-4-3-9-31-16/h3-4,9,14-15H,5-8,10-13H2,1-2H3/t14-,15-/m1/s1. The zero-order chi connectivity index (χ0) is 23.0. The van der Waals surface area contributed by atoms with Crippen molar-refractivity contribution in [2.24, 2.45) is 0 Å². The summed E-state index contributed by atoms with van der Waals surface area (Å²) in [5, 5.41) is 1.84. The highest BCUT2D eigenvalue weighted by molar-refractivity contribution is 7.86. The van der Waals surface area contributed by atoms with Crippen LogP contribution in [0, 0.1) is 0 Å². The van der Waals surface area contributed by atoms with Crippen LogP contribution >= 0.6 is 11.3 Å². The first-order chi connectivity index (χ1) is 15.2. The molecule has 3 saturated heterocycles. The van der Waals surface area contributed by atoms with E-state index in [1.54, 1.807) is 6.07 Å². The van der Waals surface area contributed by atoms with Crippen LogP contribution in [-0.4, -0.2) is 108 Å². The first-order valence-electron chi connectivity index (χ1n) is 10.5. The van der Waals surface area contributed by atoms with E-state index in [9.17, 15) is 22.8 Å². The first-order valence-corrected chi connectivity index (χ1v) is 12.8.